The molecule has 15 heavy (non-hydrogen) atoms. The second-order valence-electron chi connectivity index (χ2n) is 3.33. The molecule has 0 aliphatic rings. The minimum Gasteiger partial charge on any atom is -0.478 e. The Morgan fingerprint density at radius 1 is 1.33 bits per heavy atom. The molecule has 1 rings (SSSR count). The van der Waals surface area contributed by atoms with Crippen LogP contribution in [0.1, 0.15) is 38.8 Å². The predicted octanol–water partition coefficient (Wildman–Crippen LogP) is 1.35. The van der Waals surface area contributed by atoms with Crippen molar-refractivity contribution in [2.24, 2.45) is 5.73 Å². The van der Waals surface area contributed by atoms with Gasteiger partial charge in [0.2, 0.25) is 0 Å². The average Bonchev–Trinajstić information content (AvgIpc) is 2.16. The first kappa shape index (κ1) is 11.4. The molecule has 0 saturated carbocycles. The topological polar surface area (TPSA) is 80.4 Å². The van der Waals surface area contributed by atoms with Gasteiger partial charge in [0.15, 0.2) is 5.78 Å². The van der Waals surface area contributed by atoms with Crippen molar-refractivity contribution in [3.63, 3.8) is 0 Å². The van der Waals surface area contributed by atoms with Crippen LogP contribution in [-0.4, -0.2) is 16.9 Å². The fourth-order valence-corrected chi connectivity index (χ4v) is 1.58. The Morgan fingerprint density at radius 3 is 2.27 bits per heavy atom. The second-order valence-corrected chi connectivity index (χ2v) is 3.33. The van der Waals surface area contributed by atoms with E-state index >= 15 is 0 Å². The van der Waals surface area contributed by atoms with E-state index < -0.39 is 5.97 Å². The smallest absolute Gasteiger partial charge is 0.335 e. The van der Waals surface area contributed by atoms with Crippen LogP contribution in [0.4, 0.5) is 0 Å². The Bertz CT molecular complexity index is 424. The van der Waals surface area contributed by atoms with Crippen molar-refractivity contribution in [3.05, 3.63) is 34.4 Å². The van der Waals surface area contributed by atoms with Gasteiger partial charge in [0.1, 0.15) is 0 Å². The summed E-state index contributed by atoms with van der Waals surface area (Å²) in [7, 11) is 0. The molecular formula is C11H13NO3. The number of benzene rings is 1. The number of Topliss-reactive ketones (excluding diaryl/α,β-unsaturated/α-hetero) is 1. The van der Waals surface area contributed by atoms with Gasteiger partial charge in [-0.2, -0.15) is 0 Å². The van der Waals surface area contributed by atoms with E-state index in [1.807, 2.05) is 0 Å². The summed E-state index contributed by atoms with van der Waals surface area (Å²) in [5.41, 5.74) is 7.39. The summed E-state index contributed by atoms with van der Waals surface area (Å²) in [4.78, 5) is 22.1. The van der Waals surface area contributed by atoms with Crippen molar-refractivity contribution in [3.8, 4) is 0 Å². The van der Waals surface area contributed by atoms with E-state index in [0.29, 0.717) is 16.7 Å². The third kappa shape index (κ3) is 2.05. The molecule has 0 heterocycles. The highest BCUT2D eigenvalue weighted by Gasteiger charge is 2.15. The Balaban J connectivity index is 3.45. The molecule has 0 bridgehead atoms. The molecule has 4 nitrogen and oxygen atoms in total. The number of hydrogen-bond donors (Lipinski definition) is 2. The summed E-state index contributed by atoms with van der Waals surface area (Å²) in [5.74, 6) is -1.10. The number of carboxylic acids is 1. The molecule has 80 valence electrons. The lowest BCUT2D eigenvalue weighted by Gasteiger charge is -2.10. The summed E-state index contributed by atoms with van der Waals surface area (Å²) in [6.07, 6.45) is 0. The third-order valence-electron chi connectivity index (χ3n) is 2.41. The molecule has 0 radical (unpaired) electrons. The van der Waals surface area contributed by atoms with Crippen LogP contribution in [0.2, 0.25) is 0 Å². The van der Waals surface area contributed by atoms with E-state index in [-0.39, 0.29) is 17.9 Å². The number of carbonyl (C=O) groups excluding carboxylic acids is 1. The Kier molecular flexibility index (Phi) is 3.21. The van der Waals surface area contributed by atoms with Crippen LogP contribution in [0.25, 0.3) is 0 Å². The Morgan fingerprint density at radius 2 is 1.87 bits per heavy atom. The van der Waals surface area contributed by atoms with E-state index in [2.05, 4.69) is 0 Å². The van der Waals surface area contributed by atoms with Crippen LogP contribution < -0.4 is 5.73 Å². The fraction of sp³-hybridized carbons (Fsp3) is 0.273. The number of aromatic carboxylic acids is 1. The lowest BCUT2D eigenvalue weighted by Crippen LogP contribution is -2.11. The maximum Gasteiger partial charge on any atom is 0.335 e. The van der Waals surface area contributed by atoms with Crippen LogP contribution in [0.5, 0.6) is 0 Å². The highest BCUT2D eigenvalue weighted by atomic mass is 16.4. The van der Waals surface area contributed by atoms with Gasteiger partial charge < -0.3 is 10.8 Å². The summed E-state index contributed by atoms with van der Waals surface area (Å²) >= 11 is 0. The van der Waals surface area contributed by atoms with E-state index in [1.54, 1.807) is 6.92 Å². The monoisotopic (exact) mass is 207 g/mol. The zero-order valence-electron chi connectivity index (χ0n) is 8.70. The Hall–Kier alpha value is -1.68. The molecule has 0 aliphatic heterocycles. The molecule has 0 fully saturated rings. The highest BCUT2D eigenvalue weighted by Crippen LogP contribution is 2.19. The number of hydrogen-bond acceptors (Lipinski definition) is 3. The quantitative estimate of drug-likeness (QED) is 0.733. The first-order chi connectivity index (χ1) is 6.99. The number of ketones is 1. The first-order valence-corrected chi connectivity index (χ1v) is 4.55. The van der Waals surface area contributed by atoms with Gasteiger partial charge in [0, 0.05) is 12.1 Å². The highest BCUT2D eigenvalue weighted by molar-refractivity contribution is 5.98. The van der Waals surface area contributed by atoms with Crippen LogP contribution in [0.15, 0.2) is 12.1 Å². The Labute approximate surface area is 87.7 Å². The van der Waals surface area contributed by atoms with Gasteiger partial charge in [-0.3, -0.25) is 4.79 Å². The molecule has 0 aromatic heterocycles. The van der Waals surface area contributed by atoms with Crippen molar-refractivity contribution in [1.82, 2.24) is 0 Å². The standard InChI is InChI=1S/C11H13NO3/c1-6-8(11(14)15)3-4-9(7(2)13)10(6)5-12/h3-4H,5,12H2,1-2H3,(H,14,15). The second kappa shape index (κ2) is 4.23. The molecule has 1 aromatic rings. The van der Waals surface area contributed by atoms with Crippen molar-refractivity contribution in [1.29, 1.82) is 0 Å². The van der Waals surface area contributed by atoms with Gasteiger partial charge in [0.25, 0.3) is 0 Å². The van der Waals surface area contributed by atoms with Crippen molar-refractivity contribution in [2.75, 3.05) is 0 Å². The molecule has 0 saturated heterocycles. The van der Waals surface area contributed by atoms with Crippen molar-refractivity contribution >= 4 is 11.8 Å². The molecular weight excluding hydrogens is 194 g/mol. The maximum absolute atomic E-state index is 11.3. The minimum absolute atomic E-state index is 0.101. The van der Waals surface area contributed by atoms with Gasteiger partial charge in [-0.25, -0.2) is 4.79 Å². The largest absolute Gasteiger partial charge is 0.478 e. The van der Waals surface area contributed by atoms with Crippen LogP contribution in [-0.2, 0) is 6.54 Å². The zero-order valence-corrected chi connectivity index (χ0v) is 8.70. The third-order valence-corrected chi connectivity index (χ3v) is 2.41. The van der Waals surface area contributed by atoms with Crippen LogP contribution in [0.3, 0.4) is 0 Å². The number of carbonyl (C=O) groups is 2. The van der Waals surface area contributed by atoms with E-state index in [9.17, 15) is 9.59 Å². The molecule has 0 aliphatic carbocycles. The van der Waals surface area contributed by atoms with Gasteiger partial charge in [0.05, 0.1) is 5.56 Å². The number of nitrogens with two attached hydrogens (primary N) is 1. The maximum atomic E-state index is 11.3. The fourth-order valence-electron chi connectivity index (χ4n) is 1.58. The lowest BCUT2D eigenvalue weighted by molar-refractivity contribution is 0.0695. The average molecular weight is 207 g/mol. The first-order valence-electron chi connectivity index (χ1n) is 4.55. The number of rotatable bonds is 3. The summed E-state index contributed by atoms with van der Waals surface area (Å²) < 4.78 is 0. The van der Waals surface area contributed by atoms with Crippen LogP contribution in [0, 0.1) is 6.92 Å². The van der Waals surface area contributed by atoms with Gasteiger partial charge in [-0.05, 0) is 31.0 Å². The SMILES string of the molecule is CC(=O)c1ccc(C(=O)O)c(C)c1CN. The molecule has 1 aromatic carbocycles. The molecule has 3 N–H and O–H groups in total. The summed E-state index contributed by atoms with van der Waals surface area (Å²) in [6.45, 7) is 3.27. The van der Waals surface area contributed by atoms with Gasteiger partial charge >= 0.3 is 5.97 Å². The predicted molar refractivity (Wildman–Crippen MR) is 56.0 cm³/mol. The summed E-state index contributed by atoms with van der Waals surface area (Å²) in [6, 6.07) is 2.95. The van der Waals surface area contributed by atoms with E-state index in [1.165, 1.54) is 19.1 Å². The van der Waals surface area contributed by atoms with Crippen molar-refractivity contribution in [2.45, 2.75) is 20.4 Å². The molecule has 0 atom stereocenters. The zero-order chi connectivity index (χ0) is 11.6. The van der Waals surface area contributed by atoms with Crippen molar-refractivity contribution < 1.29 is 14.7 Å². The van der Waals surface area contributed by atoms with Crippen LogP contribution >= 0.6 is 0 Å². The molecule has 0 spiro atoms. The molecule has 4 heteroatoms. The normalized spacial score (nSPS) is 10.1. The van der Waals surface area contributed by atoms with Gasteiger partial charge in [-0.1, -0.05) is 6.07 Å². The lowest BCUT2D eigenvalue weighted by atomic mass is 9.95. The van der Waals surface area contributed by atoms with Gasteiger partial charge in [-0.15, -0.1) is 0 Å². The number of carboxylic acid groups (broad SMARTS) is 1. The summed E-state index contributed by atoms with van der Waals surface area (Å²) in [5, 5.41) is 8.89. The molecule has 0 amide bonds. The molecule has 0 unspecified atom stereocenters. The van der Waals surface area contributed by atoms with E-state index in [4.69, 9.17) is 10.8 Å². The van der Waals surface area contributed by atoms with E-state index in [0.717, 1.165) is 0 Å². The minimum atomic E-state index is -1.00.